The molecule has 0 radical (unpaired) electrons. The first kappa shape index (κ1) is 14.9. The van der Waals surface area contributed by atoms with Gasteiger partial charge >= 0.3 is 0 Å². The van der Waals surface area contributed by atoms with E-state index in [0.29, 0.717) is 24.2 Å². The quantitative estimate of drug-likeness (QED) is 0.740. The summed E-state index contributed by atoms with van der Waals surface area (Å²) in [5, 5.41) is 10.0. The minimum absolute atomic E-state index is 0.0563. The van der Waals surface area contributed by atoms with Gasteiger partial charge in [0.25, 0.3) is 0 Å². The van der Waals surface area contributed by atoms with Crippen LogP contribution in [-0.4, -0.2) is 17.5 Å². The van der Waals surface area contributed by atoms with Crippen molar-refractivity contribution in [2.75, 3.05) is 6.61 Å². The van der Waals surface area contributed by atoms with Crippen molar-refractivity contribution in [2.24, 2.45) is 33.5 Å². The summed E-state index contributed by atoms with van der Waals surface area (Å²) in [6, 6.07) is 0. The van der Waals surface area contributed by atoms with Crippen LogP contribution in [0, 0.1) is 33.5 Å². The summed E-state index contributed by atoms with van der Waals surface area (Å²) in [4.78, 5) is 13.2. The number of hydrogen-bond acceptors (Lipinski definition) is 2. The van der Waals surface area contributed by atoms with Gasteiger partial charge in [0, 0.05) is 12.0 Å². The highest BCUT2D eigenvalue weighted by atomic mass is 16.3. The second-order valence-electron chi connectivity index (χ2n) is 9.47. The van der Waals surface area contributed by atoms with Crippen molar-refractivity contribution in [1.29, 1.82) is 0 Å². The lowest BCUT2D eigenvalue weighted by Gasteiger charge is -2.63. The third-order valence-corrected chi connectivity index (χ3v) is 8.37. The van der Waals surface area contributed by atoms with Crippen LogP contribution in [-0.2, 0) is 4.79 Å². The van der Waals surface area contributed by atoms with Crippen LogP contribution in [0.15, 0.2) is 12.2 Å². The van der Waals surface area contributed by atoms with E-state index in [1.165, 1.54) is 19.3 Å². The van der Waals surface area contributed by atoms with E-state index in [-0.39, 0.29) is 21.7 Å². The van der Waals surface area contributed by atoms with Crippen molar-refractivity contribution in [1.82, 2.24) is 0 Å². The highest BCUT2D eigenvalue weighted by Gasteiger charge is 2.67. The molecule has 0 unspecified atom stereocenters. The van der Waals surface area contributed by atoms with E-state index < -0.39 is 0 Å². The molecule has 4 aliphatic carbocycles. The van der Waals surface area contributed by atoms with Crippen molar-refractivity contribution in [3.8, 4) is 0 Å². The maximum absolute atomic E-state index is 13.2. The van der Waals surface area contributed by atoms with Gasteiger partial charge in [-0.3, -0.25) is 4.79 Å². The number of aliphatic hydroxyl groups is 1. The predicted molar refractivity (Wildman–Crippen MR) is 87.3 cm³/mol. The normalized spacial score (nSPS) is 56.6. The molecule has 22 heavy (non-hydrogen) atoms. The van der Waals surface area contributed by atoms with Crippen molar-refractivity contribution in [3.05, 3.63) is 12.2 Å². The Morgan fingerprint density at radius 2 is 1.77 bits per heavy atom. The number of rotatable bonds is 1. The summed E-state index contributed by atoms with van der Waals surface area (Å²) in [5.74, 6) is 1.57. The molecule has 2 nitrogen and oxygen atoms in total. The van der Waals surface area contributed by atoms with Gasteiger partial charge in [-0.05, 0) is 68.1 Å². The van der Waals surface area contributed by atoms with Crippen LogP contribution in [0.3, 0.4) is 0 Å². The second kappa shape index (κ2) is 4.26. The van der Waals surface area contributed by atoms with Gasteiger partial charge in [0.1, 0.15) is 0 Å². The number of aliphatic hydroxyl groups excluding tert-OH is 1. The average molecular weight is 302 g/mol. The molecular formula is C20H30O2. The summed E-state index contributed by atoms with van der Waals surface area (Å²) < 4.78 is 0. The number of allylic oxidation sites excluding steroid dienone is 2. The molecule has 3 saturated carbocycles. The molecule has 2 heteroatoms. The molecule has 4 aliphatic rings. The van der Waals surface area contributed by atoms with Crippen LogP contribution in [0.4, 0.5) is 0 Å². The monoisotopic (exact) mass is 302 g/mol. The van der Waals surface area contributed by atoms with Gasteiger partial charge in [-0.15, -0.1) is 0 Å². The van der Waals surface area contributed by atoms with Gasteiger partial charge in [0.05, 0.1) is 5.41 Å². The van der Waals surface area contributed by atoms with Gasteiger partial charge in [-0.2, -0.15) is 0 Å². The summed E-state index contributed by atoms with van der Waals surface area (Å²) in [6.45, 7) is 7.17. The molecule has 0 aromatic heterocycles. The summed E-state index contributed by atoms with van der Waals surface area (Å²) >= 11 is 0. The molecule has 0 heterocycles. The number of ketones is 1. The fourth-order valence-corrected chi connectivity index (χ4v) is 7.16. The van der Waals surface area contributed by atoms with Crippen LogP contribution in [0.5, 0.6) is 0 Å². The zero-order valence-electron chi connectivity index (χ0n) is 14.3. The molecule has 0 aliphatic heterocycles. The molecule has 4 rings (SSSR count). The number of hydrogen-bond donors (Lipinski definition) is 1. The maximum atomic E-state index is 13.2. The van der Waals surface area contributed by atoms with Crippen LogP contribution in [0.2, 0.25) is 0 Å². The summed E-state index contributed by atoms with van der Waals surface area (Å²) in [6.07, 6.45) is 12.4. The largest absolute Gasteiger partial charge is 0.396 e. The minimum Gasteiger partial charge on any atom is -0.396 e. The maximum Gasteiger partial charge on any atom is 0.152 e. The Morgan fingerprint density at radius 1 is 1.05 bits per heavy atom. The molecule has 2 bridgehead atoms. The third-order valence-electron chi connectivity index (χ3n) is 8.37. The molecule has 1 N–H and O–H groups in total. The summed E-state index contributed by atoms with van der Waals surface area (Å²) in [7, 11) is 0. The van der Waals surface area contributed by atoms with Gasteiger partial charge in [-0.25, -0.2) is 0 Å². The molecular weight excluding hydrogens is 272 g/mol. The fraction of sp³-hybridized carbons (Fsp3) is 0.850. The molecule has 0 aromatic carbocycles. The van der Waals surface area contributed by atoms with Crippen molar-refractivity contribution in [3.63, 3.8) is 0 Å². The number of fused-ring (bicyclic) bond motifs is 3. The Labute approximate surface area is 134 Å². The van der Waals surface area contributed by atoms with Crippen molar-refractivity contribution >= 4 is 5.78 Å². The number of carbonyl (C=O) groups is 1. The molecule has 3 fully saturated rings. The van der Waals surface area contributed by atoms with Crippen LogP contribution >= 0.6 is 0 Å². The Balaban J connectivity index is 1.79. The van der Waals surface area contributed by atoms with Gasteiger partial charge in [-0.1, -0.05) is 32.4 Å². The van der Waals surface area contributed by atoms with Gasteiger partial charge in [0.2, 0.25) is 0 Å². The second-order valence-corrected chi connectivity index (χ2v) is 9.47. The Bertz CT molecular complexity index is 552. The van der Waals surface area contributed by atoms with E-state index in [4.69, 9.17) is 0 Å². The third kappa shape index (κ3) is 1.53. The Kier molecular flexibility index (Phi) is 2.89. The lowest BCUT2D eigenvalue weighted by Crippen LogP contribution is -2.60. The number of Topliss-reactive ketones (excluding diaryl/α,β-unsaturated/α-hetero) is 1. The van der Waals surface area contributed by atoms with Gasteiger partial charge < -0.3 is 5.11 Å². The van der Waals surface area contributed by atoms with E-state index in [9.17, 15) is 9.90 Å². The zero-order valence-corrected chi connectivity index (χ0v) is 14.3. The lowest BCUT2D eigenvalue weighted by molar-refractivity contribution is -0.170. The molecule has 0 saturated heterocycles. The summed E-state index contributed by atoms with van der Waals surface area (Å²) in [5.41, 5.74) is -0.0824. The van der Waals surface area contributed by atoms with E-state index in [0.717, 1.165) is 25.7 Å². The molecule has 0 aromatic rings. The Morgan fingerprint density at radius 3 is 2.50 bits per heavy atom. The first-order chi connectivity index (χ1) is 10.3. The number of carbonyl (C=O) groups excluding carboxylic acids is 1. The first-order valence-electron chi connectivity index (χ1n) is 9.17. The average Bonchev–Trinajstić information content (AvgIpc) is 2.64. The molecule has 1 spiro atoms. The highest BCUT2D eigenvalue weighted by molar-refractivity contribution is 5.97. The standard InChI is InChI=1S/C20H30O2/c1-17-9-5-15-19(3)8-4-7-18(2,13-21)14(19)6-10-20(15,12-11-17)16(17)22/h11-12,14-15,21H,4-10,13H2,1-3H3/t14-,15+,17+,18-,19-,20+/m1/s1. The predicted octanol–water partition coefficient (Wildman–Crippen LogP) is 4.13. The van der Waals surface area contributed by atoms with Crippen molar-refractivity contribution < 1.29 is 9.90 Å². The van der Waals surface area contributed by atoms with Crippen LogP contribution < -0.4 is 0 Å². The van der Waals surface area contributed by atoms with E-state index in [1.807, 2.05) is 0 Å². The smallest absolute Gasteiger partial charge is 0.152 e. The highest BCUT2D eigenvalue weighted by Crippen LogP contribution is 2.70. The van der Waals surface area contributed by atoms with Crippen molar-refractivity contribution in [2.45, 2.75) is 65.7 Å². The molecule has 122 valence electrons. The zero-order chi connectivity index (χ0) is 15.8. The van der Waals surface area contributed by atoms with E-state index in [2.05, 4.69) is 32.9 Å². The molecule has 6 atom stereocenters. The van der Waals surface area contributed by atoms with E-state index >= 15 is 0 Å². The van der Waals surface area contributed by atoms with Gasteiger partial charge in [0.15, 0.2) is 5.78 Å². The first-order valence-corrected chi connectivity index (χ1v) is 9.17. The fourth-order valence-electron chi connectivity index (χ4n) is 7.16. The Hall–Kier alpha value is -0.630. The minimum atomic E-state index is -0.186. The van der Waals surface area contributed by atoms with E-state index in [1.54, 1.807) is 0 Å². The SMILES string of the molecule is C[C@]1(CO)CCC[C@]2(C)[C@@H]1CC[C@]13C=C[C@](C)(CC[C@@H]21)C3=O. The lowest BCUT2D eigenvalue weighted by atomic mass is 9.40. The topological polar surface area (TPSA) is 37.3 Å². The molecule has 0 amide bonds. The van der Waals surface area contributed by atoms with Crippen LogP contribution in [0.1, 0.15) is 65.7 Å². The van der Waals surface area contributed by atoms with Crippen LogP contribution in [0.25, 0.3) is 0 Å².